The highest BCUT2D eigenvalue weighted by atomic mass is 16.1. The van der Waals surface area contributed by atoms with E-state index in [1.807, 2.05) is 18.2 Å². The third-order valence-electron chi connectivity index (χ3n) is 1.75. The fraction of sp³-hybridized carbons (Fsp3) is 0.357. The predicted molar refractivity (Wildman–Crippen MR) is 66.8 cm³/mol. The summed E-state index contributed by atoms with van der Waals surface area (Å²) in [5.74, 6) is 0.211. The topological polar surface area (TPSA) is 17.1 Å². The maximum atomic E-state index is 10.6. The van der Waals surface area contributed by atoms with E-state index in [2.05, 4.69) is 30.9 Å². The molecule has 0 unspecified atom stereocenters. The molecule has 0 aromatic rings. The normalized spacial score (nSPS) is 11.8. The molecule has 1 heteroatoms. The second-order valence-electron chi connectivity index (χ2n) is 3.32. The zero-order valence-electron chi connectivity index (χ0n) is 9.49. The molecule has 0 radical (unpaired) electrons. The average Bonchev–Trinajstić information content (AvgIpc) is 2.20. The number of ketones is 1. The van der Waals surface area contributed by atoms with Gasteiger partial charge in [0.2, 0.25) is 0 Å². The lowest BCUT2D eigenvalue weighted by Gasteiger charge is -1.85. The zero-order chi connectivity index (χ0) is 11.4. The van der Waals surface area contributed by atoms with Crippen LogP contribution >= 0.6 is 0 Å². The molecule has 0 N–H and O–H groups in total. The van der Waals surface area contributed by atoms with Crippen molar-refractivity contribution < 1.29 is 4.79 Å². The van der Waals surface area contributed by atoms with Gasteiger partial charge in [0.15, 0.2) is 0 Å². The Labute approximate surface area is 92.9 Å². The highest BCUT2D eigenvalue weighted by Gasteiger charge is 1.83. The van der Waals surface area contributed by atoms with Gasteiger partial charge in [0.1, 0.15) is 5.78 Å². The molecule has 0 saturated heterocycles. The summed E-state index contributed by atoms with van der Waals surface area (Å²) in [5, 5.41) is 0. The van der Waals surface area contributed by atoms with E-state index >= 15 is 0 Å². The van der Waals surface area contributed by atoms with Crippen molar-refractivity contribution >= 4 is 5.78 Å². The van der Waals surface area contributed by atoms with E-state index in [1.54, 1.807) is 6.92 Å². The van der Waals surface area contributed by atoms with E-state index in [0.717, 1.165) is 19.3 Å². The molecule has 0 spiro atoms. The zero-order valence-corrected chi connectivity index (χ0v) is 9.49. The van der Waals surface area contributed by atoms with Crippen LogP contribution in [-0.2, 0) is 4.79 Å². The number of rotatable bonds is 8. The highest BCUT2D eigenvalue weighted by molar-refractivity contribution is 5.76. The molecular formula is C14H20O. The first-order valence-corrected chi connectivity index (χ1v) is 5.32. The van der Waals surface area contributed by atoms with Crippen LogP contribution in [0.4, 0.5) is 0 Å². The van der Waals surface area contributed by atoms with Crippen molar-refractivity contribution in [1.82, 2.24) is 0 Å². The smallest absolute Gasteiger partial charge is 0.133 e. The molecule has 0 atom stereocenters. The summed E-state index contributed by atoms with van der Waals surface area (Å²) in [5.41, 5.74) is 0. The molecule has 0 fully saturated rings. The Balaban J connectivity index is 3.42. The molecule has 15 heavy (non-hydrogen) atoms. The van der Waals surface area contributed by atoms with Crippen LogP contribution in [-0.4, -0.2) is 5.78 Å². The lowest BCUT2D eigenvalue weighted by atomic mass is 10.2. The van der Waals surface area contributed by atoms with Gasteiger partial charge in [-0.2, -0.15) is 0 Å². The molecule has 0 aliphatic carbocycles. The molecule has 0 rings (SSSR count). The summed E-state index contributed by atoms with van der Waals surface area (Å²) in [6.45, 7) is 5.24. The van der Waals surface area contributed by atoms with Crippen LogP contribution in [0.5, 0.6) is 0 Å². The van der Waals surface area contributed by atoms with E-state index < -0.39 is 0 Å². The van der Waals surface area contributed by atoms with Gasteiger partial charge < -0.3 is 0 Å². The third kappa shape index (κ3) is 12.6. The summed E-state index contributed by atoms with van der Waals surface area (Å²) >= 11 is 0. The van der Waals surface area contributed by atoms with Crippen LogP contribution in [0.3, 0.4) is 0 Å². The Morgan fingerprint density at radius 2 is 1.40 bits per heavy atom. The molecule has 0 aromatic heterocycles. The second-order valence-corrected chi connectivity index (χ2v) is 3.32. The van der Waals surface area contributed by atoms with Gasteiger partial charge in [-0.25, -0.2) is 0 Å². The number of hydrogen-bond donors (Lipinski definition) is 0. The standard InChI is InChI=1S/C14H20O/c1-3-4-5-6-7-8-9-10-11-12-13-14(2)15/h3,5-6,8-9,11-12H,1,4,7,10,13H2,2H3/b6-5-,9-8-,12-11-. The van der Waals surface area contributed by atoms with E-state index in [0.29, 0.717) is 6.42 Å². The van der Waals surface area contributed by atoms with Crippen LogP contribution in [0.15, 0.2) is 49.1 Å². The summed E-state index contributed by atoms with van der Waals surface area (Å²) < 4.78 is 0. The lowest BCUT2D eigenvalue weighted by Crippen LogP contribution is -1.83. The summed E-state index contributed by atoms with van der Waals surface area (Å²) in [6.07, 6.45) is 17.6. The molecular weight excluding hydrogens is 184 g/mol. The molecule has 1 nitrogen and oxygen atoms in total. The largest absolute Gasteiger partial charge is 0.300 e. The molecule has 82 valence electrons. The van der Waals surface area contributed by atoms with E-state index in [1.165, 1.54) is 0 Å². The van der Waals surface area contributed by atoms with Crippen molar-refractivity contribution in [2.24, 2.45) is 0 Å². The van der Waals surface area contributed by atoms with Gasteiger partial charge in [-0.15, -0.1) is 6.58 Å². The molecule has 0 aliphatic heterocycles. The third-order valence-corrected chi connectivity index (χ3v) is 1.75. The van der Waals surface area contributed by atoms with Crippen molar-refractivity contribution in [3.05, 3.63) is 49.1 Å². The maximum Gasteiger partial charge on any atom is 0.133 e. The first-order valence-electron chi connectivity index (χ1n) is 5.32. The Bertz CT molecular complexity index is 257. The molecule has 0 saturated carbocycles. The fourth-order valence-electron chi connectivity index (χ4n) is 0.984. The van der Waals surface area contributed by atoms with Gasteiger partial charge in [0.05, 0.1) is 0 Å². The Morgan fingerprint density at radius 3 is 1.87 bits per heavy atom. The van der Waals surface area contributed by atoms with Crippen LogP contribution in [0.2, 0.25) is 0 Å². The molecule has 0 amide bonds. The first-order chi connectivity index (χ1) is 7.27. The maximum absolute atomic E-state index is 10.6. The monoisotopic (exact) mass is 204 g/mol. The number of hydrogen-bond acceptors (Lipinski definition) is 1. The highest BCUT2D eigenvalue weighted by Crippen LogP contribution is 1.94. The number of Topliss-reactive ketones (excluding diaryl/α,β-unsaturated/α-hetero) is 1. The Hall–Kier alpha value is -1.37. The van der Waals surface area contributed by atoms with E-state index in [-0.39, 0.29) is 5.78 Å². The van der Waals surface area contributed by atoms with Crippen molar-refractivity contribution in [3.63, 3.8) is 0 Å². The minimum absolute atomic E-state index is 0.211. The fourth-order valence-corrected chi connectivity index (χ4v) is 0.984. The van der Waals surface area contributed by atoms with Gasteiger partial charge in [-0.1, -0.05) is 42.5 Å². The van der Waals surface area contributed by atoms with E-state index in [9.17, 15) is 4.79 Å². The van der Waals surface area contributed by atoms with Gasteiger partial charge in [0.25, 0.3) is 0 Å². The van der Waals surface area contributed by atoms with Gasteiger partial charge in [-0.3, -0.25) is 4.79 Å². The molecule has 0 heterocycles. The molecule has 0 aromatic carbocycles. The van der Waals surface area contributed by atoms with E-state index in [4.69, 9.17) is 0 Å². The van der Waals surface area contributed by atoms with Crippen molar-refractivity contribution in [2.45, 2.75) is 32.6 Å². The van der Waals surface area contributed by atoms with Gasteiger partial charge in [-0.05, 0) is 26.2 Å². The van der Waals surface area contributed by atoms with Crippen molar-refractivity contribution in [3.8, 4) is 0 Å². The van der Waals surface area contributed by atoms with Crippen LogP contribution in [0.25, 0.3) is 0 Å². The number of carbonyl (C=O) groups excluding carboxylic acids is 1. The van der Waals surface area contributed by atoms with Crippen LogP contribution < -0.4 is 0 Å². The average molecular weight is 204 g/mol. The minimum atomic E-state index is 0.211. The van der Waals surface area contributed by atoms with Crippen molar-refractivity contribution in [1.29, 1.82) is 0 Å². The second kappa shape index (κ2) is 10.7. The number of carbonyl (C=O) groups is 1. The summed E-state index contributed by atoms with van der Waals surface area (Å²) in [7, 11) is 0. The SMILES string of the molecule is C=CC/C=C\C/C=C\C/C=C\CC(C)=O. The Kier molecular flexibility index (Phi) is 9.73. The summed E-state index contributed by atoms with van der Waals surface area (Å²) in [6, 6.07) is 0. The molecule has 0 bridgehead atoms. The lowest BCUT2D eigenvalue weighted by molar-refractivity contribution is -0.116. The number of allylic oxidation sites excluding steroid dienone is 7. The van der Waals surface area contributed by atoms with Crippen LogP contribution in [0.1, 0.15) is 32.6 Å². The predicted octanol–water partition coefficient (Wildman–Crippen LogP) is 3.99. The van der Waals surface area contributed by atoms with Crippen LogP contribution in [0, 0.1) is 0 Å². The quantitative estimate of drug-likeness (QED) is 0.546. The molecule has 0 aliphatic rings. The Morgan fingerprint density at radius 1 is 0.933 bits per heavy atom. The minimum Gasteiger partial charge on any atom is -0.300 e. The van der Waals surface area contributed by atoms with Gasteiger partial charge in [0, 0.05) is 6.42 Å². The summed E-state index contributed by atoms with van der Waals surface area (Å²) in [4.78, 5) is 10.6. The van der Waals surface area contributed by atoms with Crippen molar-refractivity contribution in [2.75, 3.05) is 0 Å². The van der Waals surface area contributed by atoms with Gasteiger partial charge >= 0.3 is 0 Å². The first kappa shape index (κ1) is 13.6.